The average Bonchev–Trinajstić information content (AvgIpc) is 2.65. The van der Waals surface area contributed by atoms with Crippen molar-refractivity contribution in [2.24, 2.45) is 0 Å². The van der Waals surface area contributed by atoms with Crippen molar-refractivity contribution in [1.82, 2.24) is 0 Å². The van der Waals surface area contributed by atoms with E-state index >= 15 is 0 Å². The molecule has 0 bridgehead atoms. The number of fused-ring (bicyclic) bond motifs is 3. The first kappa shape index (κ1) is 8.09. The molecule has 1 fully saturated rings. The number of halogens is 1. The monoisotopic (exact) mass is 192 g/mol. The Morgan fingerprint density at radius 3 is 3.29 bits per heavy atom. The lowest BCUT2D eigenvalue weighted by Crippen LogP contribution is -2.39. The average molecular weight is 192 g/mol. The van der Waals surface area contributed by atoms with Gasteiger partial charge in [-0.2, -0.15) is 0 Å². The zero-order valence-electron chi connectivity index (χ0n) is 7.96. The zero-order chi connectivity index (χ0) is 9.54. The predicted octanol–water partition coefficient (Wildman–Crippen LogP) is 2.22. The van der Waals surface area contributed by atoms with E-state index in [0.717, 1.165) is 24.5 Å². The fourth-order valence-corrected chi connectivity index (χ4v) is 2.52. The summed E-state index contributed by atoms with van der Waals surface area (Å²) >= 11 is 0. The highest BCUT2D eigenvalue weighted by Gasteiger charge is 2.31. The van der Waals surface area contributed by atoms with Gasteiger partial charge >= 0.3 is 0 Å². The molecule has 1 aromatic rings. The Bertz CT molecular complexity index is 364. The summed E-state index contributed by atoms with van der Waals surface area (Å²) < 4.78 is 13.6. The van der Waals surface area contributed by atoms with Gasteiger partial charge in [0.2, 0.25) is 0 Å². The molecule has 0 aromatic heterocycles. The van der Waals surface area contributed by atoms with Crippen LogP contribution in [0.25, 0.3) is 0 Å². The van der Waals surface area contributed by atoms with Crippen LogP contribution in [0.15, 0.2) is 18.2 Å². The van der Waals surface area contributed by atoms with Crippen LogP contribution in [-0.2, 0) is 0 Å². The van der Waals surface area contributed by atoms with Crippen molar-refractivity contribution >= 4 is 11.4 Å². The fraction of sp³-hybridized carbons (Fsp3) is 0.455. The Kier molecular flexibility index (Phi) is 1.66. The molecule has 1 aromatic carbocycles. The van der Waals surface area contributed by atoms with Gasteiger partial charge < -0.3 is 10.2 Å². The van der Waals surface area contributed by atoms with E-state index in [1.54, 1.807) is 12.1 Å². The minimum Gasteiger partial charge on any atom is -0.381 e. The van der Waals surface area contributed by atoms with Gasteiger partial charge in [-0.3, -0.25) is 0 Å². The van der Waals surface area contributed by atoms with Gasteiger partial charge in [-0.25, -0.2) is 4.39 Å². The number of hydrogen-bond acceptors (Lipinski definition) is 2. The van der Waals surface area contributed by atoms with Gasteiger partial charge in [0.15, 0.2) is 0 Å². The van der Waals surface area contributed by atoms with Crippen LogP contribution in [0.4, 0.5) is 15.8 Å². The summed E-state index contributed by atoms with van der Waals surface area (Å²) in [6.45, 7) is 1.96. The molecule has 1 saturated heterocycles. The van der Waals surface area contributed by atoms with Crippen LogP contribution in [0.5, 0.6) is 0 Å². The van der Waals surface area contributed by atoms with Crippen molar-refractivity contribution < 1.29 is 4.39 Å². The summed E-state index contributed by atoms with van der Waals surface area (Å²) in [6, 6.07) is 5.76. The third kappa shape index (κ3) is 1.01. The third-order valence-electron chi connectivity index (χ3n) is 3.18. The molecule has 2 aliphatic rings. The standard InChI is InChI=1S/C11H13FN2/c12-9-4-1-5-10-11(9)14-6-2-3-8(14)7-13-10/h1,4-5,8,13H,2-3,6-7H2/t8-/m1/s1. The fourth-order valence-electron chi connectivity index (χ4n) is 2.52. The molecule has 1 N–H and O–H groups in total. The summed E-state index contributed by atoms with van der Waals surface area (Å²) in [4.78, 5) is 2.21. The summed E-state index contributed by atoms with van der Waals surface area (Å²) in [7, 11) is 0. The number of hydrogen-bond donors (Lipinski definition) is 1. The van der Waals surface area contributed by atoms with Gasteiger partial charge in [0.25, 0.3) is 0 Å². The number of nitrogens with one attached hydrogen (secondary N) is 1. The van der Waals surface area contributed by atoms with E-state index in [2.05, 4.69) is 10.2 Å². The van der Waals surface area contributed by atoms with E-state index in [0.29, 0.717) is 6.04 Å². The van der Waals surface area contributed by atoms with Crippen LogP contribution < -0.4 is 10.2 Å². The lowest BCUT2D eigenvalue weighted by molar-refractivity contribution is 0.602. The molecule has 3 heteroatoms. The molecule has 14 heavy (non-hydrogen) atoms. The van der Waals surface area contributed by atoms with Crippen LogP contribution in [-0.4, -0.2) is 19.1 Å². The van der Waals surface area contributed by atoms with Crippen LogP contribution in [0.3, 0.4) is 0 Å². The molecule has 0 aliphatic carbocycles. The van der Waals surface area contributed by atoms with Gasteiger partial charge in [-0.05, 0) is 25.0 Å². The highest BCUT2D eigenvalue weighted by Crippen LogP contribution is 2.37. The molecule has 3 rings (SSSR count). The maximum atomic E-state index is 13.6. The van der Waals surface area contributed by atoms with Crippen molar-refractivity contribution in [3.05, 3.63) is 24.0 Å². The Hall–Kier alpha value is -1.25. The molecular formula is C11H13FN2. The van der Waals surface area contributed by atoms with E-state index in [1.165, 1.54) is 12.8 Å². The topological polar surface area (TPSA) is 15.3 Å². The first-order chi connectivity index (χ1) is 6.86. The van der Waals surface area contributed by atoms with Crippen LogP contribution >= 0.6 is 0 Å². The second-order valence-corrected chi connectivity index (χ2v) is 4.01. The second-order valence-electron chi connectivity index (χ2n) is 4.01. The van der Waals surface area contributed by atoms with E-state index in [4.69, 9.17) is 0 Å². The van der Waals surface area contributed by atoms with Gasteiger partial charge in [-0.15, -0.1) is 0 Å². The largest absolute Gasteiger partial charge is 0.381 e. The molecular weight excluding hydrogens is 179 g/mol. The van der Waals surface area contributed by atoms with E-state index in [9.17, 15) is 4.39 Å². The Labute approximate surface area is 82.7 Å². The SMILES string of the molecule is Fc1cccc2c1N1CCC[C@@H]1CN2. The molecule has 0 amide bonds. The Morgan fingerprint density at radius 1 is 1.43 bits per heavy atom. The molecule has 0 radical (unpaired) electrons. The molecule has 0 spiro atoms. The zero-order valence-corrected chi connectivity index (χ0v) is 7.96. The quantitative estimate of drug-likeness (QED) is 0.678. The summed E-state index contributed by atoms with van der Waals surface area (Å²) in [5.41, 5.74) is 1.73. The van der Waals surface area contributed by atoms with Crippen molar-refractivity contribution in [3.63, 3.8) is 0 Å². The Balaban J connectivity index is 2.11. The van der Waals surface area contributed by atoms with E-state index < -0.39 is 0 Å². The molecule has 2 heterocycles. The number of benzene rings is 1. The highest BCUT2D eigenvalue weighted by molar-refractivity contribution is 5.73. The third-order valence-corrected chi connectivity index (χ3v) is 3.18. The van der Waals surface area contributed by atoms with Gasteiger partial charge in [0, 0.05) is 19.1 Å². The molecule has 2 nitrogen and oxygen atoms in total. The lowest BCUT2D eigenvalue weighted by atomic mass is 10.1. The van der Waals surface area contributed by atoms with Crippen LogP contribution in [0.1, 0.15) is 12.8 Å². The van der Waals surface area contributed by atoms with Crippen molar-refractivity contribution in [3.8, 4) is 0 Å². The first-order valence-corrected chi connectivity index (χ1v) is 5.15. The molecule has 0 saturated carbocycles. The maximum Gasteiger partial charge on any atom is 0.148 e. The summed E-state index contributed by atoms with van der Waals surface area (Å²) in [5, 5.41) is 3.29. The van der Waals surface area contributed by atoms with E-state index in [1.807, 2.05) is 6.07 Å². The normalized spacial score (nSPS) is 24.1. The Morgan fingerprint density at radius 2 is 2.36 bits per heavy atom. The van der Waals surface area contributed by atoms with Crippen LogP contribution in [0.2, 0.25) is 0 Å². The molecule has 74 valence electrons. The lowest BCUT2D eigenvalue weighted by Gasteiger charge is -2.34. The van der Waals surface area contributed by atoms with Gasteiger partial charge in [0.05, 0.1) is 11.4 Å². The van der Waals surface area contributed by atoms with Gasteiger partial charge in [-0.1, -0.05) is 6.07 Å². The van der Waals surface area contributed by atoms with Crippen molar-refractivity contribution in [2.75, 3.05) is 23.3 Å². The molecule has 2 aliphatic heterocycles. The van der Waals surface area contributed by atoms with E-state index in [-0.39, 0.29) is 5.82 Å². The van der Waals surface area contributed by atoms with Gasteiger partial charge in [0.1, 0.15) is 5.82 Å². The number of rotatable bonds is 0. The van der Waals surface area contributed by atoms with Crippen LogP contribution in [0, 0.1) is 5.82 Å². The predicted molar refractivity (Wildman–Crippen MR) is 55.3 cm³/mol. The maximum absolute atomic E-state index is 13.6. The minimum absolute atomic E-state index is 0.0957. The highest BCUT2D eigenvalue weighted by atomic mass is 19.1. The number of para-hydroxylation sites is 1. The first-order valence-electron chi connectivity index (χ1n) is 5.15. The smallest absolute Gasteiger partial charge is 0.148 e. The molecule has 1 atom stereocenters. The summed E-state index contributed by atoms with van der Waals surface area (Å²) in [6.07, 6.45) is 2.36. The number of anilines is 2. The van der Waals surface area contributed by atoms with Crippen molar-refractivity contribution in [1.29, 1.82) is 0 Å². The summed E-state index contributed by atoms with van der Waals surface area (Å²) in [5.74, 6) is -0.0957. The second kappa shape index (κ2) is 2.87. The minimum atomic E-state index is -0.0957. The van der Waals surface area contributed by atoms with Crippen molar-refractivity contribution in [2.45, 2.75) is 18.9 Å². The number of nitrogens with zero attached hydrogens (tertiary/aromatic N) is 1. The molecule has 0 unspecified atom stereocenters.